The molecule has 1 fully saturated rings. The molecule has 1 aliphatic rings. The zero-order valence-electron chi connectivity index (χ0n) is 9.75. The molecule has 1 aromatic rings. The van der Waals surface area contributed by atoms with Crippen molar-refractivity contribution in [2.24, 2.45) is 11.7 Å². The third-order valence-corrected chi connectivity index (χ3v) is 3.36. The van der Waals surface area contributed by atoms with Crippen LogP contribution in [0.25, 0.3) is 0 Å². The van der Waals surface area contributed by atoms with Gasteiger partial charge in [-0.15, -0.1) is 0 Å². The lowest BCUT2D eigenvalue weighted by molar-refractivity contribution is 0.0886. The van der Waals surface area contributed by atoms with Gasteiger partial charge in [-0.2, -0.15) is 0 Å². The summed E-state index contributed by atoms with van der Waals surface area (Å²) in [5.74, 6) is 0.689. The van der Waals surface area contributed by atoms with Crippen LogP contribution >= 0.6 is 0 Å². The van der Waals surface area contributed by atoms with E-state index in [1.54, 1.807) is 6.07 Å². The van der Waals surface area contributed by atoms with Crippen LogP contribution in [0.1, 0.15) is 24.5 Å². The smallest absolute Gasteiger partial charge is 0.128 e. The first-order chi connectivity index (χ1) is 7.72. The summed E-state index contributed by atoms with van der Waals surface area (Å²) in [6, 6.07) is 5.32. The van der Waals surface area contributed by atoms with Gasteiger partial charge in [0.05, 0.1) is 0 Å². The first kappa shape index (κ1) is 11.6. The number of hydrogen-bond acceptors (Lipinski definition) is 2. The molecular formula is C13H19FN2. The third-order valence-electron chi connectivity index (χ3n) is 3.36. The van der Waals surface area contributed by atoms with Crippen LogP contribution in [0.15, 0.2) is 18.2 Å². The highest BCUT2D eigenvalue weighted by Gasteiger charge is 2.25. The van der Waals surface area contributed by atoms with E-state index in [0.29, 0.717) is 6.54 Å². The Morgan fingerprint density at radius 2 is 2.19 bits per heavy atom. The lowest BCUT2D eigenvalue weighted by atomic mass is 9.96. The van der Waals surface area contributed by atoms with Crippen molar-refractivity contribution in [1.82, 2.24) is 4.90 Å². The van der Waals surface area contributed by atoms with Gasteiger partial charge in [-0.25, -0.2) is 4.39 Å². The number of likely N-dealkylation sites (tertiary alicyclic amines) is 1. The van der Waals surface area contributed by atoms with E-state index in [-0.39, 0.29) is 5.82 Å². The van der Waals surface area contributed by atoms with Gasteiger partial charge in [-0.3, -0.25) is 4.90 Å². The van der Waals surface area contributed by atoms with Crippen molar-refractivity contribution in [2.75, 3.05) is 13.1 Å². The molecule has 0 spiro atoms. The number of nitrogens with zero attached hydrogens (tertiary/aromatic N) is 1. The van der Waals surface area contributed by atoms with Gasteiger partial charge in [0.25, 0.3) is 0 Å². The average Bonchev–Trinajstić information content (AvgIpc) is 2.24. The highest BCUT2D eigenvalue weighted by atomic mass is 19.1. The van der Waals surface area contributed by atoms with Gasteiger partial charge in [0.1, 0.15) is 5.82 Å². The Kier molecular flexibility index (Phi) is 3.56. The summed E-state index contributed by atoms with van der Waals surface area (Å²) in [6.07, 6.45) is 1.23. The lowest BCUT2D eigenvalue weighted by Gasteiger charge is -2.38. The Labute approximate surface area is 96.2 Å². The Morgan fingerprint density at radius 3 is 2.75 bits per heavy atom. The van der Waals surface area contributed by atoms with Crippen LogP contribution in [-0.4, -0.2) is 18.0 Å². The molecule has 1 saturated heterocycles. The third kappa shape index (κ3) is 2.42. The summed E-state index contributed by atoms with van der Waals surface area (Å²) in [7, 11) is 0. The molecule has 0 radical (unpaired) electrons. The fraction of sp³-hybridized carbons (Fsp3) is 0.538. The van der Waals surface area contributed by atoms with E-state index < -0.39 is 0 Å². The summed E-state index contributed by atoms with van der Waals surface area (Å²) in [5, 5.41) is 0. The number of hydrogen-bond donors (Lipinski definition) is 1. The highest BCUT2D eigenvalue weighted by Crippen LogP contribution is 2.22. The second kappa shape index (κ2) is 4.93. The largest absolute Gasteiger partial charge is 0.326 e. The van der Waals surface area contributed by atoms with Crippen LogP contribution in [-0.2, 0) is 13.1 Å². The van der Waals surface area contributed by atoms with Gasteiger partial charge >= 0.3 is 0 Å². The highest BCUT2D eigenvalue weighted by molar-refractivity contribution is 5.24. The summed E-state index contributed by atoms with van der Waals surface area (Å²) >= 11 is 0. The minimum atomic E-state index is -0.122. The van der Waals surface area contributed by atoms with Crippen molar-refractivity contribution in [1.29, 1.82) is 0 Å². The molecule has 2 nitrogen and oxygen atoms in total. The number of benzene rings is 1. The van der Waals surface area contributed by atoms with E-state index in [0.717, 1.165) is 36.7 Å². The topological polar surface area (TPSA) is 29.3 Å². The van der Waals surface area contributed by atoms with Crippen molar-refractivity contribution in [3.63, 3.8) is 0 Å². The second-order valence-electron chi connectivity index (χ2n) is 4.60. The predicted molar refractivity (Wildman–Crippen MR) is 63.3 cm³/mol. The van der Waals surface area contributed by atoms with Crippen molar-refractivity contribution < 1.29 is 4.39 Å². The Hall–Kier alpha value is -0.930. The molecule has 2 rings (SSSR count). The maximum Gasteiger partial charge on any atom is 0.128 e. The van der Waals surface area contributed by atoms with E-state index in [2.05, 4.69) is 11.8 Å². The minimum Gasteiger partial charge on any atom is -0.326 e. The summed E-state index contributed by atoms with van der Waals surface area (Å²) in [4.78, 5) is 2.29. The van der Waals surface area contributed by atoms with Gasteiger partial charge in [0, 0.05) is 31.7 Å². The first-order valence-electron chi connectivity index (χ1n) is 5.92. The summed E-state index contributed by atoms with van der Waals surface area (Å²) in [5.41, 5.74) is 7.11. The molecule has 0 aromatic heterocycles. The maximum atomic E-state index is 13.7. The molecule has 1 aromatic carbocycles. The van der Waals surface area contributed by atoms with Crippen molar-refractivity contribution in [3.8, 4) is 0 Å². The van der Waals surface area contributed by atoms with E-state index in [4.69, 9.17) is 5.73 Å². The number of rotatable bonds is 4. The molecule has 0 unspecified atom stereocenters. The molecule has 16 heavy (non-hydrogen) atoms. The van der Waals surface area contributed by atoms with Crippen molar-refractivity contribution in [3.05, 3.63) is 35.1 Å². The molecular weight excluding hydrogens is 203 g/mol. The molecule has 3 heteroatoms. The SMILES string of the molecule is CCC1CN(Cc2ccc(CN)cc2F)C1. The second-order valence-corrected chi connectivity index (χ2v) is 4.60. The molecule has 0 saturated carbocycles. The van der Waals surface area contributed by atoms with Crippen LogP contribution < -0.4 is 5.73 Å². The maximum absolute atomic E-state index is 13.7. The van der Waals surface area contributed by atoms with Crippen LogP contribution in [0.4, 0.5) is 4.39 Å². The first-order valence-corrected chi connectivity index (χ1v) is 5.92. The van der Waals surface area contributed by atoms with Gasteiger partial charge in [0.15, 0.2) is 0 Å². The molecule has 2 N–H and O–H groups in total. The van der Waals surface area contributed by atoms with E-state index in [9.17, 15) is 4.39 Å². The fourth-order valence-electron chi connectivity index (χ4n) is 2.15. The van der Waals surface area contributed by atoms with Crippen LogP contribution in [0.5, 0.6) is 0 Å². The molecule has 88 valence electrons. The number of halogens is 1. The van der Waals surface area contributed by atoms with E-state index in [1.807, 2.05) is 12.1 Å². The zero-order chi connectivity index (χ0) is 11.5. The quantitative estimate of drug-likeness (QED) is 0.845. The molecule has 0 bridgehead atoms. The standard InChI is InChI=1S/C13H19FN2/c1-2-10-7-16(8-10)9-12-4-3-11(6-15)5-13(12)14/h3-5,10H,2,6-9,15H2,1H3. The summed E-state index contributed by atoms with van der Waals surface area (Å²) < 4.78 is 13.7. The zero-order valence-corrected chi connectivity index (χ0v) is 9.75. The summed E-state index contributed by atoms with van der Waals surface area (Å²) in [6.45, 7) is 5.55. The number of nitrogens with two attached hydrogens (primary N) is 1. The average molecular weight is 222 g/mol. The van der Waals surface area contributed by atoms with Gasteiger partial charge < -0.3 is 5.73 Å². The Balaban J connectivity index is 1.95. The molecule has 0 amide bonds. The Morgan fingerprint density at radius 1 is 1.44 bits per heavy atom. The van der Waals surface area contributed by atoms with Crippen molar-refractivity contribution in [2.45, 2.75) is 26.4 Å². The van der Waals surface area contributed by atoms with Gasteiger partial charge in [-0.1, -0.05) is 25.5 Å². The normalized spacial score (nSPS) is 17.4. The van der Waals surface area contributed by atoms with Crippen LogP contribution in [0, 0.1) is 11.7 Å². The molecule has 1 heterocycles. The monoisotopic (exact) mass is 222 g/mol. The van der Waals surface area contributed by atoms with Crippen molar-refractivity contribution >= 4 is 0 Å². The Bertz CT molecular complexity index is 359. The lowest BCUT2D eigenvalue weighted by Crippen LogP contribution is -2.45. The molecule has 0 atom stereocenters. The fourth-order valence-corrected chi connectivity index (χ4v) is 2.15. The van der Waals surface area contributed by atoms with Crippen LogP contribution in [0.2, 0.25) is 0 Å². The van der Waals surface area contributed by atoms with Gasteiger partial charge in [0.2, 0.25) is 0 Å². The van der Waals surface area contributed by atoms with E-state index in [1.165, 1.54) is 6.42 Å². The molecule has 1 aliphatic heterocycles. The van der Waals surface area contributed by atoms with Crippen LogP contribution in [0.3, 0.4) is 0 Å². The van der Waals surface area contributed by atoms with Gasteiger partial charge in [-0.05, 0) is 17.5 Å². The minimum absolute atomic E-state index is 0.122. The van der Waals surface area contributed by atoms with E-state index >= 15 is 0 Å². The predicted octanol–water partition coefficient (Wildman–Crippen LogP) is 2.13. The molecule has 0 aliphatic carbocycles.